The molecule has 18 heavy (non-hydrogen) atoms. The van der Waals surface area contributed by atoms with E-state index >= 15 is 0 Å². The molecule has 0 heterocycles. The molecule has 1 aliphatic rings. The second-order valence-electron chi connectivity index (χ2n) is 6.40. The fourth-order valence-corrected chi connectivity index (χ4v) is 3.04. The van der Waals surface area contributed by atoms with Gasteiger partial charge in [0.25, 0.3) is 0 Å². The molecule has 1 fully saturated rings. The molecular formula is C15H32N2O. The molecule has 3 nitrogen and oxygen atoms in total. The van der Waals surface area contributed by atoms with Gasteiger partial charge in [-0.25, -0.2) is 0 Å². The van der Waals surface area contributed by atoms with Crippen molar-refractivity contribution in [1.29, 1.82) is 0 Å². The molecule has 0 bridgehead atoms. The summed E-state index contributed by atoms with van der Waals surface area (Å²) in [5.41, 5.74) is 0. The Bertz CT molecular complexity index is 221. The van der Waals surface area contributed by atoms with Gasteiger partial charge in [0.1, 0.15) is 0 Å². The van der Waals surface area contributed by atoms with E-state index in [9.17, 15) is 5.11 Å². The first kappa shape index (κ1) is 15.9. The molecule has 108 valence electrons. The van der Waals surface area contributed by atoms with E-state index in [0.717, 1.165) is 24.9 Å². The van der Waals surface area contributed by atoms with Gasteiger partial charge in [-0.05, 0) is 38.8 Å². The summed E-state index contributed by atoms with van der Waals surface area (Å²) in [6, 6.07) is 1.45. The minimum absolute atomic E-state index is 0.243. The van der Waals surface area contributed by atoms with E-state index in [1.807, 2.05) is 0 Å². The SMILES string of the molecule is CC1CCCC(N(C)CCC(CO)NC(C)C)C1. The van der Waals surface area contributed by atoms with Crippen LogP contribution in [0.4, 0.5) is 0 Å². The second kappa shape index (κ2) is 8.13. The number of nitrogens with one attached hydrogen (secondary N) is 1. The third-order valence-corrected chi connectivity index (χ3v) is 4.15. The number of aliphatic hydroxyl groups excluding tert-OH is 1. The zero-order valence-electron chi connectivity index (χ0n) is 12.7. The van der Waals surface area contributed by atoms with Crippen molar-refractivity contribution < 1.29 is 5.11 Å². The number of hydrogen-bond donors (Lipinski definition) is 2. The van der Waals surface area contributed by atoms with Crippen molar-refractivity contribution in [2.75, 3.05) is 20.2 Å². The van der Waals surface area contributed by atoms with Crippen LogP contribution >= 0.6 is 0 Å². The summed E-state index contributed by atoms with van der Waals surface area (Å²) in [4.78, 5) is 2.50. The van der Waals surface area contributed by atoms with Crippen molar-refractivity contribution in [1.82, 2.24) is 10.2 Å². The van der Waals surface area contributed by atoms with Crippen LogP contribution in [0.15, 0.2) is 0 Å². The highest BCUT2D eigenvalue weighted by Crippen LogP contribution is 2.26. The van der Waals surface area contributed by atoms with Crippen molar-refractivity contribution in [2.24, 2.45) is 5.92 Å². The molecular weight excluding hydrogens is 224 g/mol. The first-order valence-corrected chi connectivity index (χ1v) is 7.60. The molecule has 0 aromatic heterocycles. The van der Waals surface area contributed by atoms with E-state index in [1.165, 1.54) is 25.7 Å². The van der Waals surface area contributed by atoms with E-state index in [1.54, 1.807) is 0 Å². The summed E-state index contributed by atoms with van der Waals surface area (Å²) in [5, 5.41) is 12.8. The highest BCUT2D eigenvalue weighted by molar-refractivity contribution is 4.78. The molecule has 0 amide bonds. The van der Waals surface area contributed by atoms with Gasteiger partial charge in [0.05, 0.1) is 6.61 Å². The minimum atomic E-state index is 0.243. The molecule has 1 rings (SSSR count). The number of aliphatic hydroxyl groups is 1. The Hall–Kier alpha value is -0.120. The lowest BCUT2D eigenvalue weighted by atomic mass is 9.86. The van der Waals surface area contributed by atoms with Crippen LogP contribution < -0.4 is 5.32 Å². The molecule has 0 aromatic rings. The van der Waals surface area contributed by atoms with Gasteiger partial charge in [0.15, 0.2) is 0 Å². The average Bonchev–Trinajstić information content (AvgIpc) is 2.33. The van der Waals surface area contributed by atoms with Crippen molar-refractivity contribution in [3.05, 3.63) is 0 Å². The first-order chi connectivity index (χ1) is 8.52. The van der Waals surface area contributed by atoms with Gasteiger partial charge in [-0.3, -0.25) is 0 Å². The van der Waals surface area contributed by atoms with Crippen LogP contribution in [-0.2, 0) is 0 Å². The molecule has 2 N–H and O–H groups in total. The average molecular weight is 256 g/mol. The maximum atomic E-state index is 9.36. The zero-order chi connectivity index (χ0) is 13.5. The molecule has 3 atom stereocenters. The monoisotopic (exact) mass is 256 g/mol. The number of rotatable bonds is 7. The molecule has 1 saturated carbocycles. The maximum absolute atomic E-state index is 9.36. The third-order valence-electron chi connectivity index (χ3n) is 4.15. The minimum Gasteiger partial charge on any atom is -0.395 e. The van der Waals surface area contributed by atoms with Crippen LogP contribution in [0.25, 0.3) is 0 Å². The number of hydrogen-bond acceptors (Lipinski definition) is 3. The summed E-state index contributed by atoms with van der Waals surface area (Å²) in [6.07, 6.45) is 6.51. The fraction of sp³-hybridized carbons (Fsp3) is 1.00. The lowest BCUT2D eigenvalue weighted by molar-refractivity contribution is 0.147. The van der Waals surface area contributed by atoms with Gasteiger partial charge in [-0.15, -0.1) is 0 Å². The highest BCUT2D eigenvalue weighted by atomic mass is 16.3. The van der Waals surface area contributed by atoms with Gasteiger partial charge < -0.3 is 15.3 Å². The largest absolute Gasteiger partial charge is 0.395 e. The van der Waals surface area contributed by atoms with Gasteiger partial charge in [-0.2, -0.15) is 0 Å². The van der Waals surface area contributed by atoms with E-state index in [0.29, 0.717) is 6.04 Å². The lowest BCUT2D eigenvalue weighted by Crippen LogP contribution is -2.42. The normalized spacial score (nSPS) is 26.8. The fourth-order valence-electron chi connectivity index (χ4n) is 3.04. The molecule has 3 unspecified atom stereocenters. The Morgan fingerprint density at radius 3 is 2.61 bits per heavy atom. The molecule has 0 aliphatic heterocycles. The Morgan fingerprint density at radius 1 is 1.33 bits per heavy atom. The van der Waals surface area contributed by atoms with Crippen LogP contribution in [0.5, 0.6) is 0 Å². The van der Waals surface area contributed by atoms with Crippen LogP contribution in [0.2, 0.25) is 0 Å². The predicted molar refractivity (Wildman–Crippen MR) is 77.8 cm³/mol. The summed E-state index contributed by atoms with van der Waals surface area (Å²) >= 11 is 0. The van der Waals surface area contributed by atoms with Crippen LogP contribution in [0.1, 0.15) is 52.9 Å². The van der Waals surface area contributed by atoms with E-state index in [-0.39, 0.29) is 12.6 Å². The molecule has 0 saturated heterocycles. The second-order valence-corrected chi connectivity index (χ2v) is 6.40. The highest BCUT2D eigenvalue weighted by Gasteiger charge is 2.22. The predicted octanol–water partition coefficient (Wildman–Crippen LogP) is 2.25. The number of nitrogens with zero attached hydrogens (tertiary/aromatic N) is 1. The Labute approximate surface area is 113 Å². The van der Waals surface area contributed by atoms with Gasteiger partial charge in [0, 0.05) is 18.1 Å². The van der Waals surface area contributed by atoms with Crippen LogP contribution in [0.3, 0.4) is 0 Å². The Kier molecular flexibility index (Phi) is 7.20. The van der Waals surface area contributed by atoms with Crippen LogP contribution in [-0.4, -0.2) is 48.3 Å². The third kappa shape index (κ3) is 5.68. The first-order valence-electron chi connectivity index (χ1n) is 7.60. The molecule has 1 aliphatic carbocycles. The van der Waals surface area contributed by atoms with Crippen molar-refractivity contribution in [3.8, 4) is 0 Å². The standard InChI is InChI=1S/C15H32N2O/c1-12(2)16-14(11-18)8-9-17(4)15-7-5-6-13(3)10-15/h12-16,18H,5-11H2,1-4H3. The van der Waals surface area contributed by atoms with E-state index < -0.39 is 0 Å². The van der Waals surface area contributed by atoms with Gasteiger partial charge in [0.2, 0.25) is 0 Å². The quantitative estimate of drug-likeness (QED) is 0.733. The van der Waals surface area contributed by atoms with Gasteiger partial charge in [-0.1, -0.05) is 33.6 Å². The summed E-state index contributed by atoms with van der Waals surface area (Å²) < 4.78 is 0. The zero-order valence-corrected chi connectivity index (χ0v) is 12.7. The molecule has 0 spiro atoms. The molecule has 0 aromatic carbocycles. The van der Waals surface area contributed by atoms with Crippen molar-refractivity contribution in [2.45, 2.75) is 71.0 Å². The lowest BCUT2D eigenvalue weighted by Gasteiger charge is -2.35. The molecule has 0 radical (unpaired) electrons. The maximum Gasteiger partial charge on any atom is 0.0585 e. The smallest absolute Gasteiger partial charge is 0.0585 e. The van der Waals surface area contributed by atoms with Crippen molar-refractivity contribution in [3.63, 3.8) is 0 Å². The summed E-state index contributed by atoms with van der Waals surface area (Å²) in [6.45, 7) is 7.97. The molecule has 3 heteroatoms. The van der Waals surface area contributed by atoms with Crippen LogP contribution in [0, 0.1) is 5.92 Å². The Balaban J connectivity index is 2.28. The van der Waals surface area contributed by atoms with Gasteiger partial charge >= 0.3 is 0 Å². The van der Waals surface area contributed by atoms with E-state index in [2.05, 4.69) is 38.0 Å². The van der Waals surface area contributed by atoms with E-state index in [4.69, 9.17) is 0 Å². The van der Waals surface area contributed by atoms with Crippen molar-refractivity contribution >= 4 is 0 Å². The topological polar surface area (TPSA) is 35.5 Å². The Morgan fingerprint density at radius 2 is 2.06 bits per heavy atom. The summed E-state index contributed by atoms with van der Waals surface area (Å²) in [7, 11) is 2.24. The summed E-state index contributed by atoms with van der Waals surface area (Å²) in [5.74, 6) is 0.883.